The first-order valence-corrected chi connectivity index (χ1v) is 7.69. The lowest BCUT2D eigenvalue weighted by molar-refractivity contribution is -0.122. The van der Waals surface area contributed by atoms with E-state index in [1.54, 1.807) is 42.5 Å². The van der Waals surface area contributed by atoms with Gasteiger partial charge >= 0.3 is 6.03 Å². The number of rotatable bonds is 3. The zero-order valence-corrected chi connectivity index (χ0v) is 13.9. The second-order valence-corrected chi connectivity index (χ2v) is 5.59. The van der Waals surface area contributed by atoms with Crippen LogP contribution in [0.4, 0.5) is 10.5 Å². The standard InChI is InChI=1S/C18H13ClN2O4/c1-25-12-6-4-5-11(9-12)10-13-16(22)20-18(24)21(17(13)23)15-8-3-2-7-14(15)19/h2-10H,1H3,(H,20,22,24). The van der Waals surface area contributed by atoms with Crippen LogP contribution in [0.25, 0.3) is 6.08 Å². The number of methoxy groups -OCH3 is 1. The Hall–Kier alpha value is -3.12. The van der Waals surface area contributed by atoms with Gasteiger partial charge in [0.1, 0.15) is 11.3 Å². The molecule has 2 aromatic carbocycles. The van der Waals surface area contributed by atoms with E-state index in [2.05, 4.69) is 5.32 Å². The van der Waals surface area contributed by atoms with Gasteiger partial charge in [0, 0.05) is 0 Å². The van der Waals surface area contributed by atoms with E-state index in [9.17, 15) is 14.4 Å². The van der Waals surface area contributed by atoms with E-state index in [1.165, 1.54) is 19.3 Å². The molecule has 1 N–H and O–H groups in total. The van der Waals surface area contributed by atoms with E-state index >= 15 is 0 Å². The Kier molecular flexibility index (Phi) is 4.54. The normalized spacial score (nSPS) is 16.2. The number of imide groups is 2. The molecular weight excluding hydrogens is 344 g/mol. The number of benzene rings is 2. The fraction of sp³-hybridized carbons (Fsp3) is 0.0556. The second kappa shape index (κ2) is 6.78. The monoisotopic (exact) mass is 356 g/mol. The summed E-state index contributed by atoms with van der Waals surface area (Å²) >= 11 is 6.08. The van der Waals surface area contributed by atoms with Gasteiger partial charge in [-0.25, -0.2) is 9.69 Å². The fourth-order valence-corrected chi connectivity index (χ4v) is 2.63. The first-order chi connectivity index (χ1) is 12.0. The largest absolute Gasteiger partial charge is 0.497 e. The maximum absolute atomic E-state index is 12.7. The Bertz CT molecular complexity index is 907. The number of hydrogen-bond donors (Lipinski definition) is 1. The number of carbonyl (C=O) groups is 3. The van der Waals surface area contributed by atoms with Crippen molar-refractivity contribution in [3.8, 4) is 5.75 Å². The first-order valence-electron chi connectivity index (χ1n) is 7.31. The molecule has 0 bridgehead atoms. The van der Waals surface area contributed by atoms with Crippen molar-refractivity contribution < 1.29 is 19.1 Å². The van der Waals surface area contributed by atoms with Crippen molar-refractivity contribution in [3.05, 3.63) is 64.7 Å². The van der Waals surface area contributed by atoms with E-state index in [0.717, 1.165) is 4.90 Å². The molecule has 1 aliphatic rings. The molecule has 2 aromatic rings. The molecule has 7 heteroatoms. The van der Waals surface area contributed by atoms with Crippen LogP contribution in [0.15, 0.2) is 54.1 Å². The molecule has 0 radical (unpaired) electrons. The summed E-state index contributed by atoms with van der Waals surface area (Å²) in [6.07, 6.45) is 1.40. The molecule has 0 aliphatic carbocycles. The van der Waals surface area contributed by atoms with Gasteiger partial charge in [-0.05, 0) is 35.9 Å². The van der Waals surface area contributed by atoms with Crippen molar-refractivity contribution >= 4 is 41.2 Å². The SMILES string of the molecule is COc1cccc(C=C2C(=O)NC(=O)N(c3ccccc3Cl)C2=O)c1. The quantitative estimate of drug-likeness (QED) is 0.677. The van der Waals surface area contributed by atoms with Gasteiger partial charge in [0.25, 0.3) is 11.8 Å². The van der Waals surface area contributed by atoms with Crippen molar-refractivity contribution in [2.75, 3.05) is 12.0 Å². The lowest BCUT2D eigenvalue weighted by Gasteiger charge is -2.27. The van der Waals surface area contributed by atoms with Gasteiger partial charge < -0.3 is 4.74 Å². The zero-order valence-electron chi connectivity index (χ0n) is 13.2. The summed E-state index contributed by atoms with van der Waals surface area (Å²) in [6.45, 7) is 0. The van der Waals surface area contributed by atoms with E-state index in [1.807, 2.05) is 0 Å². The topological polar surface area (TPSA) is 75.7 Å². The lowest BCUT2D eigenvalue weighted by atomic mass is 10.1. The van der Waals surface area contributed by atoms with Crippen molar-refractivity contribution in [2.24, 2.45) is 0 Å². The number of amides is 4. The van der Waals surface area contributed by atoms with Crippen molar-refractivity contribution in [1.29, 1.82) is 0 Å². The van der Waals surface area contributed by atoms with Gasteiger partial charge in [0.05, 0.1) is 17.8 Å². The third-order valence-corrected chi connectivity index (χ3v) is 3.92. The van der Waals surface area contributed by atoms with E-state index in [4.69, 9.17) is 16.3 Å². The van der Waals surface area contributed by atoms with Crippen LogP contribution in [-0.4, -0.2) is 25.0 Å². The maximum Gasteiger partial charge on any atom is 0.335 e. The summed E-state index contributed by atoms with van der Waals surface area (Å²) in [5, 5.41) is 2.38. The van der Waals surface area contributed by atoms with Crippen LogP contribution in [0, 0.1) is 0 Å². The molecule has 6 nitrogen and oxygen atoms in total. The predicted molar refractivity (Wildman–Crippen MR) is 93.4 cm³/mol. The molecule has 0 atom stereocenters. The molecule has 1 saturated heterocycles. The molecule has 0 aromatic heterocycles. The van der Waals surface area contributed by atoms with Gasteiger partial charge in [0.15, 0.2) is 0 Å². The van der Waals surface area contributed by atoms with Crippen LogP contribution >= 0.6 is 11.6 Å². The van der Waals surface area contributed by atoms with Crippen LogP contribution in [0.2, 0.25) is 5.02 Å². The molecule has 4 amide bonds. The van der Waals surface area contributed by atoms with E-state index < -0.39 is 17.8 Å². The lowest BCUT2D eigenvalue weighted by Crippen LogP contribution is -2.54. The van der Waals surface area contributed by atoms with Crippen LogP contribution in [0.5, 0.6) is 5.75 Å². The summed E-state index contributed by atoms with van der Waals surface area (Å²) < 4.78 is 5.12. The van der Waals surface area contributed by atoms with Gasteiger partial charge in [-0.2, -0.15) is 0 Å². The second-order valence-electron chi connectivity index (χ2n) is 5.19. The molecule has 3 rings (SSSR count). The Balaban J connectivity index is 2.04. The van der Waals surface area contributed by atoms with Crippen molar-refractivity contribution in [3.63, 3.8) is 0 Å². The van der Waals surface area contributed by atoms with Gasteiger partial charge in [-0.3, -0.25) is 14.9 Å². The zero-order chi connectivity index (χ0) is 18.0. The highest BCUT2D eigenvalue weighted by Crippen LogP contribution is 2.29. The Morgan fingerprint density at radius 1 is 1.08 bits per heavy atom. The molecule has 126 valence electrons. The van der Waals surface area contributed by atoms with Crippen LogP contribution < -0.4 is 15.0 Å². The van der Waals surface area contributed by atoms with E-state index in [-0.39, 0.29) is 16.3 Å². The minimum atomic E-state index is -0.842. The highest BCUT2D eigenvalue weighted by Gasteiger charge is 2.37. The average Bonchev–Trinajstić information content (AvgIpc) is 2.60. The predicted octanol–water partition coefficient (Wildman–Crippen LogP) is 3.02. The molecule has 1 heterocycles. The minimum absolute atomic E-state index is 0.173. The number of nitrogens with zero attached hydrogens (tertiary/aromatic N) is 1. The summed E-state index contributed by atoms with van der Waals surface area (Å²) in [6, 6.07) is 12.4. The first kappa shape index (κ1) is 16.7. The van der Waals surface area contributed by atoms with Gasteiger partial charge in [0.2, 0.25) is 0 Å². The highest BCUT2D eigenvalue weighted by atomic mass is 35.5. The number of halogens is 1. The van der Waals surface area contributed by atoms with Crippen LogP contribution in [-0.2, 0) is 9.59 Å². The molecule has 0 spiro atoms. The number of hydrogen-bond acceptors (Lipinski definition) is 4. The van der Waals surface area contributed by atoms with Crippen LogP contribution in [0.3, 0.4) is 0 Å². The van der Waals surface area contributed by atoms with Crippen LogP contribution in [0.1, 0.15) is 5.56 Å². The number of nitrogens with one attached hydrogen (secondary N) is 1. The van der Waals surface area contributed by atoms with E-state index in [0.29, 0.717) is 11.3 Å². The number of urea groups is 1. The molecule has 0 unspecified atom stereocenters. The number of anilines is 1. The van der Waals surface area contributed by atoms with Gasteiger partial charge in [-0.15, -0.1) is 0 Å². The molecule has 1 fully saturated rings. The van der Waals surface area contributed by atoms with Crippen molar-refractivity contribution in [1.82, 2.24) is 5.32 Å². The summed E-state index contributed by atoms with van der Waals surface area (Å²) in [4.78, 5) is 37.8. The third kappa shape index (κ3) is 3.25. The van der Waals surface area contributed by atoms with Crippen molar-refractivity contribution in [2.45, 2.75) is 0 Å². The smallest absolute Gasteiger partial charge is 0.335 e. The molecule has 0 saturated carbocycles. The average molecular weight is 357 g/mol. The minimum Gasteiger partial charge on any atom is -0.497 e. The summed E-state index contributed by atoms with van der Waals surface area (Å²) in [7, 11) is 1.52. The summed E-state index contributed by atoms with van der Waals surface area (Å²) in [5.41, 5.74) is 0.620. The Morgan fingerprint density at radius 3 is 2.56 bits per heavy atom. The number of carbonyl (C=O) groups excluding carboxylic acids is 3. The van der Waals surface area contributed by atoms with Gasteiger partial charge in [-0.1, -0.05) is 35.9 Å². The highest BCUT2D eigenvalue weighted by molar-refractivity contribution is 6.42. The summed E-state index contributed by atoms with van der Waals surface area (Å²) in [5.74, 6) is -0.928. The third-order valence-electron chi connectivity index (χ3n) is 3.60. The number of barbiturate groups is 1. The Morgan fingerprint density at radius 2 is 1.84 bits per heavy atom. The number of ether oxygens (including phenoxy) is 1. The Labute approximate surface area is 148 Å². The maximum atomic E-state index is 12.7. The molecule has 25 heavy (non-hydrogen) atoms. The molecule has 1 aliphatic heterocycles. The molecular formula is C18H13ClN2O4. The number of para-hydroxylation sites is 1. The fourth-order valence-electron chi connectivity index (χ4n) is 2.41.